The lowest BCUT2D eigenvalue weighted by atomic mass is 9.97. The summed E-state index contributed by atoms with van der Waals surface area (Å²) in [5.41, 5.74) is -0.236. The Bertz CT molecular complexity index is 361. The number of carbonyl (C=O) groups excluding carboxylic acids is 2. The molecular weight excluding hydrogens is 256 g/mol. The number of rotatable bonds is 5. The van der Waals surface area contributed by atoms with E-state index in [-0.39, 0.29) is 29.4 Å². The third-order valence-corrected chi connectivity index (χ3v) is 3.45. The Labute approximate surface area is 122 Å². The monoisotopic (exact) mass is 284 g/mol. The molecule has 0 aromatic rings. The number of nitrogens with zero attached hydrogens (tertiary/aromatic N) is 1. The predicted molar refractivity (Wildman–Crippen MR) is 78.3 cm³/mol. The first-order valence-electron chi connectivity index (χ1n) is 7.42. The number of hydrogen-bond acceptors (Lipinski definition) is 3. The molecule has 0 bridgehead atoms. The highest BCUT2D eigenvalue weighted by molar-refractivity contribution is 5.97. The fourth-order valence-electron chi connectivity index (χ4n) is 2.36. The van der Waals surface area contributed by atoms with Gasteiger partial charge in [-0.15, -0.1) is 0 Å². The zero-order valence-corrected chi connectivity index (χ0v) is 13.5. The summed E-state index contributed by atoms with van der Waals surface area (Å²) in [6, 6.07) is -0.791. The lowest BCUT2D eigenvalue weighted by molar-refractivity contribution is -0.152. The van der Waals surface area contributed by atoms with E-state index in [0.717, 1.165) is 0 Å². The normalized spacial score (nSPS) is 24.2. The summed E-state index contributed by atoms with van der Waals surface area (Å²) in [5, 5.41) is 2.83. The van der Waals surface area contributed by atoms with Crippen LogP contribution in [0.5, 0.6) is 0 Å². The Balaban J connectivity index is 2.76. The van der Waals surface area contributed by atoms with Crippen LogP contribution in [0.15, 0.2) is 0 Å². The molecule has 5 nitrogen and oxygen atoms in total. The summed E-state index contributed by atoms with van der Waals surface area (Å²) in [6.07, 6.45) is 0.623. The van der Waals surface area contributed by atoms with E-state index in [1.54, 1.807) is 4.90 Å². The summed E-state index contributed by atoms with van der Waals surface area (Å²) >= 11 is 0. The van der Waals surface area contributed by atoms with E-state index in [2.05, 4.69) is 5.32 Å². The fraction of sp³-hybridized carbons (Fsp3) is 0.867. The van der Waals surface area contributed by atoms with Crippen molar-refractivity contribution in [3.63, 3.8) is 0 Å². The molecule has 2 atom stereocenters. The second-order valence-corrected chi connectivity index (χ2v) is 6.65. The number of nitrogens with one attached hydrogen (secondary N) is 1. The first kappa shape index (κ1) is 17.0. The first-order chi connectivity index (χ1) is 9.17. The van der Waals surface area contributed by atoms with E-state index in [4.69, 9.17) is 4.74 Å². The van der Waals surface area contributed by atoms with Crippen LogP contribution in [0.2, 0.25) is 0 Å². The van der Waals surface area contributed by atoms with Gasteiger partial charge in [-0.1, -0.05) is 20.8 Å². The molecule has 5 heteroatoms. The Kier molecular flexibility index (Phi) is 5.57. The van der Waals surface area contributed by atoms with Gasteiger partial charge in [0.2, 0.25) is 11.8 Å². The van der Waals surface area contributed by atoms with Crippen LogP contribution in [-0.4, -0.2) is 47.6 Å². The van der Waals surface area contributed by atoms with Gasteiger partial charge in [0.25, 0.3) is 0 Å². The molecule has 1 aliphatic heterocycles. The highest BCUT2D eigenvalue weighted by atomic mass is 16.5. The molecule has 2 unspecified atom stereocenters. The standard InChI is InChI=1S/C15H28N2O3/c1-7-11-13(18)16-12(10(2)3)14(19)17(11)8-9-20-15(4,5)6/h10-12H,7-9H2,1-6H3,(H,16,18). The zero-order chi connectivity index (χ0) is 15.5. The van der Waals surface area contributed by atoms with Gasteiger partial charge in [0, 0.05) is 6.54 Å². The molecule has 0 saturated carbocycles. The van der Waals surface area contributed by atoms with Crippen molar-refractivity contribution in [1.82, 2.24) is 10.2 Å². The van der Waals surface area contributed by atoms with Crippen molar-refractivity contribution >= 4 is 11.8 Å². The summed E-state index contributed by atoms with van der Waals surface area (Å²) in [7, 11) is 0. The number of amides is 2. The number of ether oxygens (including phenoxy) is 1. The molecule has 0 radical (unpaired) electrons. The van der Waals surface area contributed by atoms with Gasteiger partial charge in [0.15, 0.2) is 0 Å². The van der Waals surface area contributed by atoms with Gasteiger partial charge < -0.3 is 15.0 Å². The average Bonchev–Trinajstić information content (AvgIpc) is 2.31. The second-order valence-electron chi connectivity index (χ2n) is 6.65. The summed E-state index contributed by atoms with van der Waals surface area (Å²) in [5.74, 6) is 0.0424. The Morgan fingerprint density at radius 1 is 1.30 bits per heavy atom. The molecule has 1 aliphatic rings. The topological polar surface area (TPSA) is 58.6 Å². The van der Waals surface area contributed by atoms with E-state index < -0.39 is 6.04 Å². The van der Waals surface area contributed by atoms with Gasteiger partial charge in [-0.3, -0.25) is 9.59 Å². The largest absolute Gasteiger partial charge is 0.374 e. The van der Waals surface area contributed by atoms with Crippen molar-refractivity contribution in [3.8, 4) is 0 Å². The summed E-state index contributed by atoms with van der Waals surface area (Å²) < 4.78 is 5.68. The molecular formula is C15H28N2O3. The van der Waals surface area contributed by atoms with Crippen molar-refractivity contribution < 1.29 is 14.3 Å². The van der Waals surface area contributed by atoms with Crippen molar-refractivity contribution in [3.05, 3.63) is 0 Å². The number of piperazine rings is 1. The van der Waals surface area contributed by atoms with Crippen LogP contribution in [0, 0.1) is 5.92 Å². The first-order valence-corrected chi connectivity index (χ1v) is 7.42. The maximum absolute atomic E-state index is 12.5. The van der Waals surface area contributed by atoms with E-state index in [1.165, 1.54) is 0 Å². The third-order valence-electron chi connectivity index (χ3n) is 3.45. The van der Waals surface area contributed by atoms with Gasteiger partial charge in [-0.2, -0.15) is 0 Å². The van der Waals surface area contributed by atoms with Crippen LogP contribution < -0.4 is 5.32 Å². The van der Waals surface area contributed by atoms with E-state index >= 15 is 0 Å². The molecule has 1 fully saturated rings. The van der Waals surface area contributed by atoms with Crippen LogP contribution in [0.3, 0.4) is 0 Å². The Morgan fingerprint density at radius 2 is 1.90 bits per heavy atom. The van der Waals surface area contributed by atoms with Gasteiger partial charge in [-0.05, 0) is 33.1 Å². The van der Waals surface area contributed by atoms with Crippen molar-refractivity contribution in [2.24, 2.45) is 5.92 Å². The number of hydrogen-bond donors (Lipinski definition) is 1. The minimum atomic E-state index is -0.417. The molecule has 1 saturated heterocycles. The van der Waals surface area contributed by atoms with E-state index in [9.17, 15) is 9.59 Å². The van der Waals surface area contributed by atoms with Gasteiger partial charge in [0.05, 0.1) is 12.2 Å². The summed E-state index contributed by atoms with van der Waals surface area (Å²) in [6.45, 7) is 12.7. The van der Waals surface area contributed by atoms with Crippen molar-refractivity contribution in [2.45, 2.75) is 65.6 Å². The highest BCUT2D eigenvalue weighted by Gasteiger charge is 2.40. The molecule has 0 aromatic heterocycles. The molecule has 20 heavy (non-hydrogen) atoms. The maximum Gasteiger partial charge on any atom is 0.246 e. The minimum Gasteiger partial charge on any atom is -0.374 e. The van der Waals surface area contributed by atoms with Crippen LogP contribution in [0.4, 0.5) is 0 Å². The van der Waals surface area contributed by atoms with Crippen molar-refractivity contribution in [1.29, 1.82) is 0 Å². The molecule has 2 amide bonds. The van der Waals surface area contributed by atoms with Crippen molar-refractivity contribution in [2.75, 3.05) is 13.2 Å². The molecule has 0 spiro atoms. The molecule has 1 N–H and O–H groups in total. The van der Waals surface area contributed by atoms with E-state index in [0.29, 0.717) is 19.6 Å². The van der Waals surface area contributed by atoms with Crippen LogP contribution in [0.25, 0.3) is 0 Å². The minimum absolute atomic E-state index is 0.00367. The molecule has 116 valence electrons. The number of carbonyl (C=O) groups is 2. The van der Waals surface area contributed by atoms with Gasteiger partial charge >= 0.3 is 0 Å². The Morgan fingerprint density at radius 3 is 2.35 bits per heavy atom. The molecule has 1 heterocycles. The zero-order valence-electron chi connectivity index (χ0n) is 13.5. The molecule has 0 aliphatic carbocycles. The third kappa shape index (κ3) is 4.20. The van der Waals surface area contributed by atoms with Crippen LogP contribution in [-0.2, 0) is 14.3 Å². The quantitative estimate of drug-likeness (QED) is 0.833. The second kappa shape index (κ2) is 6.57. The van der Waals surface area contributed by atoms with Crippen LogP contribution >= 0.6 is 0 Å². The Hall–Kier alpha value is -1.10. The lowest BCUT2D eigenvalue weighted by Gasteiger charge is -2.40. The fourth-order valence-corrected chi connectivity index (χ4v) is 2.36. The SMILES string of the molecule is CCC1C(=O)NC(C(C)C)C(=O)N1CCOC(C)(C)C. The van der Waals surface area contributed by atoms with Gasteiger partial charge in [-0.25, -0.2) is 0 Å². The summed E-state index contributed by atoms with van der Waals surface area (Å²) in [4.78, 5) is 26.3. The molecule has 0 aromatic carbocycles. The highest BCUT2D eigenvalue weighted by Crippen LogP contribution is 2.18. The smallest absolute Gasteiger partial charge is 0.246 e. The average molecular weight is 284 g/mol. The lowest BCUT2D eigenvalue weighted by Crippen LogP contribution is -2.65. The van der Waals surface area contributed by atoms with Crippen LogP contribution in [0.1, 0.15) is 48.0 Å². The predicted octanol–water partition coefficient (Wildman–Crippen LogP) is 1.56. The van der Waals surface area contributed by atoms with Gasteiger partial charge in [0.1, 0.15) is 12.1 Å². The molecule has 1 rings (SSSR count). The van der Waals surface area contributed by atoms with E-state index in [1.807, 2.05) is 41.5 Å². The maximum atomic E-state index is 12.5.